The van der Waals surface area contributed by atoms with Gasteiger partial charge in [0.15, 0.2) is 11.5 Å². The van der Waals surface area contributed by atoms with Gasteiger partial charge in [0.25, 0.3) is 5.91 Å². The molecule has 4 rings (SSSR count). The Labute approximate surface area is 147 Å². The van der Waals surface area contributed by atoms with Crippen LogP contribution in [0, 0.1) is 5.82 Å². The highest BCUT2D eigenvalue weighted by molar-refractivity contribution is 7.13. The van der Waals surface area contributed by atoms with Gasteiger partial charge in [0, 0.05) is 12.6 Å². The van der Waals surface area contributed by atoms with Crippen molar-refractivity contribution < 1.29 is 18.4 Å². The molecule has 1 amide bonds. The number of carbonyl (C=O) groups excluding carboxylic acids is 1. The van der Waals surface area contributed by atoms with Gasteiger partial charge in [-0.2, -0.15) is 0 Å². The fourth-order valence-electron chi connectivity index (χ4n) is 2.79. The SMILES string of the molecule is O=C(c1cc(-c2cccs2)on1)N1CCOC(c2ccc(F)cc2)C1. The number of benzene rings is 1. The summed E-state index contributed by atoms with van der Waals surface area (Å²) in [4.78, 5) is 15.3. The van der Waals surface area contributed by atoms with E-state index < -0.39 is 0 Å². The predicted octanol–water partition coefficient (Wildman–Crippen LogP) is 3.76. The molecule has 3 heterocycles. The van der Waals surface area contributed by atoms with E-state index in [4.69, 9.17) is 9.26 Å². The molecule has 1 atom stereocenters. The van der Waals surface area contributed by atoms with Crippen molar-refractivity contribution in [2.75, 3.05) is 19.7 Å². The van der Waals surface area contributed by atoms with Gasteiger partial charge in [0.1, 0.15) is 11.9 Å². The zero-order chi connectivity index (χ0) is 17.2. The Bertz CT molecular complexity index is 861. The van der Waals surface area contributed by atoms with Gasteiger partial charge in [-0.3, -0.25) is 4.79 Å². The van der Waals surface area contributed by atoms with Crippen LogP contribution in [0.5, 0.6) is 0 Å². The number of ether oxygens (including phenoxy) is 1. The zero-order valence-electron chi connectivity index (χ0n) is 13.2. The first kappa shape index (κ1) is 16.0. The lowest BCUT2D eigenvalue weighted by Crippen LogP contribution is -2.42. The molecule has 1 aromatic carbocycles. The first-order valence-electron chi connectivity index (χ1n) is 7.87. The Morgan fingerprint density at radius 2 is 2.12 bits per heavy atom. The molecule has 128 valence electrons. The normalized spacial score (nSPS) is 17.6. The number of thiophene rings is 1. The molecule has 1 saturated heterocycles. The molecule has 5 nitrogen and oxygen atoms in total. The minimum atomic E-state index is -0.295. The molecular formula is C18H15FN2O3S. The van der Waals surface area contributed by atoms with Crippen LogP contribution >= 0.6 is 11.3 Å². The van der Waals surface area contributed by atoms with E-state index in [9.17, 15) is 9.18 Å². The number of amides is 1. The fourth-order valence-corrected chi connectivity index (χ4v) is 3.46. The third-order valence-electron chi connectivity index (χ3n) is 4.09. The van der Waals surface area contributed by atoms with Crippen molar-refractivity contribution in [2.45, 2.75) is 6.10 Å². The molecule has 0 N–H and O–H groups in total. The minimum absolute atomic E-state index is 0.193. The third-order valence-corrected chi connectivity index (χ3v) is 4.97. The van der Waals surface area contributed by atoms with Crippen LogP contribution in [0.1, 0.15) is 22.2 Å². The van der Waals surface area contributed by atoms with Gasteiger partial charge in [-0.25, -0.2) is 4.39 Å². The Kier molecular flexibility index (Phi) is 4.33. The summed E-state index contributed by atoms with van der Waals surface area (Å²) >= 11 is 1.53. The molecule has 0 bridgehead atoms. The molecule has 25 heavy (non-hydrogen) atoms. The molecule has 1 fully saturated rings. The van der Waals surface area contributed by atoms with Crippen LogP contribution in [0.2, 0.25) is 0 Å². The molecule has 0 spiro atoms. The lowest BCUT2D eigenvalue weighted by molar-refractivity contribution is -0.0231. The highest BCUT2D eigenvalue weighted by Gasteiger charge is 2.28. The van der Waals surface area contributed by atoms with Gasteiger partial charge >= 0.3 is 0 Å². The quantitative estimate of drug-likeness (QED) is 0.715. The van der Waals surface area contributed by atoms with E-state index in [1.165, 1.54) is 23.5 Å². The maximum atomic E-state index is 13.1. The van der Waals surface area contributed by atoms with E-state index in [1.807, 2.05) is 17.5 Å². The molecule has 3 aromatic rings. The van der Waals surface area contributed by atoms with Crippen LogP contribution < -0.4 is 0 Å². The number of hydrogen-bond acceptors (Lipinski definition) is 5. The molecule has 1 aliphatic rings. The number of aromatic nitrogens is 1. The minimum Gasteiger partial charge on any atom is -0.370 e. The number of nitrogens with zero attached hydrogens (tertiary/aromatic N) is 2. The van der Waals surface area contributed by atoms with Gasteiger partial charge in [0.05, 0.1) is 18.0 Å². The molecule has 2 aromatic heterocycles. The first-order valence-corrected chi connectivity index (χ1v) is 8.75. The van der Waals surface area contributed by atoms with E-state index in [1.54, 1.807) is 23.1 Å². The van der Waals surface area contributed by atoms with Crippen molar-refractivity contribution in [2.24, 2.45) is 0 Å². The number of rotatable bonds is 3. The van der Waals surface area contributed by atoms with E-state index in [-0.39, 0.29) is 23.5 Å². The second kappa shape index (κ2) is 6.78. The van der Waals surface area contributed by atoms with Crippen LogP contribution in [-0.4, -0.2) is 35.7 Å². The van der Waals surface area contributed by atoms with Crippen molar-refractivity contribution in [3.63, 3.8) is 0 Å². The van der Waals surface area contributed by atoms with Crippen molar-refractivity contribution in [1.82, 2.24) is 10.1 Å². The van der Waals surface area contributed by atoms with Crippen LogP contribution in [0.3, 0.4) is 0 Å². The van der Waals surface area contributed by atoms with Gasteiger partial charge in [0.2, 0.25) is 0 Å². The van der Waals surface area contributed by atoms with Crippen molar-refractivity contribution in [1.29, 1.82) is 0 Å². The maximum absolute atomic E-state index is 13.1. The summed E-state index contributed by atoms with van der Waals surface area (Å²) in [6.07, 6.45) is -0.276. The van der Waals surface area contributed by atoms with Crippen LogP contribution in [0.25, 0.3) is 10.6 Å². The smallest absolute Gasteiger partial charge is 0.276 e. The van der Waals surface area contributed by atoms with Gasteiger partial charge in [-0.05, 0) is 29.1 Å². The molecule has 1 aliphatic heterocycles. The second-order valence-corrected chi connectivity index (χ2v) is 6.66. The molecule has 1 unspecified atom stereocenters. The summed E-state index contributed by atoms with van der Waals surface area (Å²) in [5.74, 6) is 0.0971. The number of carbonyl (C=O) groups is 1. The van der Waals surface area contributed by atoms with Gasteiger partial charge in [-0.15, -0.1) is 11.3 Å². The second-order valence-electron chi connectivity index (χ2n) is 5.72. The highest BCUT2D eigenvalue weighted by Crippen LogP contribution is 2.27. The number of hydrogen-bond donors (Lipinski definition) is 0. The Morgan fingerprint density at radius 1 is 1.28 bits per heavy atom. The Morgan fingerprint density at radius 3 is 2.88 bits per heavy atom. The summed E-state index contributed by atoms with van der Waals surface area (Å²) < 4.78 is 24.1. The fraction of sp³-hybridized carbons (Fsp3) is 0.222. The predicted molar refractivity (Wildman–Crippen MR) is 90.8 cm³/mol. The van der Waals surface area contributed by atoms with E-state index in [0.29, 0.717) is 25.5 Å². The molecule has 0 saturated carbocycles. The zero-order valence-corrected chi connectivity index (χ0v) is 14.0. The highest BCUT2D eigenvalue weighted by atomic mass is 32.1. The Balaban J connectivity index is 1.49. The summed E-state index contributed by atoms with van der Waals surface area (Å²) in [6, 6.07) is 11.6. The summed E-state index contributed by atoms with van der Waals surface area (Å²) in [7, 11) is 0. The average molecular weight is 358 g/mol. The van der Waals surface area contributed by atoms with Crippen LogP contribution in [0.4, 0.5) is 4.39 Å². The Hall–Kier alpha value is -2.51. The van der Waals surface area contributed by atoms with Gasteiger partial charge in [-0.1, -0.05) is 23.4 Å². The average Bonchev–Trinajstić information content (AvgIpc) is 3.33. The van der Waals surface area contributed by atoms with Crippen molar-refractivity contribution >= 4 is 17.2 Å². The monoisotopic (exact) mass is 358 g/mol. The lowest BCUT2D eigenvalue weighted by atomic mass is 10.1. The largest absolute Gasteiger partial charge is 0.370 e. The first-order chi connectivity index (χ1) is 12.2. The maximum Gasteiger partial charge on any atom is 0.276 e. The molecule has 7 heteroatoms. The number of morpholine rings is 1. The molecule has 0 aliphatic carbocycles. The molecule has 0 radical (unpaired) electrons. The standard InChI is InChI=1S/C18H15FN2O3S/c19-13-5-3-12(4-6-13)16-11-21(7-8-23-16)18(22)14-10-15(24-20-14)17-2-1-9-25-17/h1-6,9-10,16H,7-8,11H2. The molecular weight excluding hydrogens is 343 g/mol. The topological polar surface area (TPSA) is 55.6 Å². The van der Waals surface area contributed by atoms with E-state index in [2.05, 4.69) is 5.16 Å². The van der Waals surface area contributed by atoms with Crippen LogP contribution in [0.15, 0.2) is 52.4 Å². The summed E-state index contributed by atoms with van der Waals surface area (Å²) in [5, 5.41) is 5.85. The van der Waals surface area contributed by atoms with E-state index >= 15 is 0 Å². The van der Waals surface area contributed by atoms with Crippen LogP contribution in [-0.2, 0) is 4.74 Å². The lowest BCUT2D eigenvalue weighted by Gasteiger charge is -2.32. The van der Waals surface area contributed by atoms with Crippen molar-refractivity contribution in [3.8, 4) is 10.6 Å². The number of halogens is 1. The summed E-state index contributed by atoms with van der Waals surface area (Å²) in [5.41, 5.74) is 1.13. The summed E-state index contributed by atoms with van der Waals surface area (Å²) in [6.45, 7) is 1.30. The van der Waals surface area contributed by atoms with E-state index in [0.717, 1.165) is 10.4 Å². The third kappa shape index (κ3) is 3.33. The van der Waals surface area contributed by atoms with Crippen molar-refractivity contribution in [3.05, 3.63) is 64.9 Å². The van der Waals surface area contributed by atoms with Gasteiger partial charge < -0.3 is 14.2 Å².